The van der Waals surface area contributed by atoms with Crippen LogP contribution >= 0.6 is 0 Å². The SMILES string of the molecule is CC(C)N[C@H](CCO)c1cccc2c1OCCO2. The molecule has 0 bridgehead atoms. The second-order valence-corrected chi connectivity index (χ2v) is 4.76. The first-order chi connectivity index (χ1) is 8.72. The van der Waals surface area contributed by atoms with Crippen molar-refractivity contribution in [3.05, 3.63) is 23.8 Å². The van der Waals surface area contributed by atoms with Crippen molar-refractivity contribution >= 4 is 0 Å². The van der Waals surface area contributed by atoms with Crippen LogP contribution in [0.5, 0.6) is 11.5 Å². The van der Waals surface area contributed by atoms with E-state index in [2.05, 4.69) is 19.2 Å². The molecule has 1 aliphatic rings. The average Bonchev–Trinajstić information content (AvgIpc) is 2.37. The summed E-state index contributed by atoms with van der Waals surface area (Å²) in [7, 11) is 0. The van der Waals surface area contributed by atoms with Crippen molar-refractivity contribution in [2.75, 3.05) is 19.8 Å². The number of benzene rings is 1. The molecule has 1 atom stereocenters. The number of para-hydroxylation sites is 1. The molecule has 4 nitrogen and oxygen atoms in total. The van der Waals surface area contributed by atoms with E-state index in [-0.39, 0.29) is 12.6 Å². The van der Waals surface area contributed by atoms with Gasteiger partial charge in [-0.2, -0.15) is 0 Å². The van der Waals surface area contributed by atoms with E-state index in [9.17, 15) is 5.11 Å². The number of hydrogen-bond acceptors (Lipinski definition) is 4. The Hall–Kier alpha value is -1.26. The molecule has 0 saturated heterocycles. The van der Waals surface area contributed by atoms with E-state index < -0.39 is 0 Å². The highest BCUT2D eigenvalue weighted by Crippen LogP contribution is 2.37. The number of hydrogen-bond donors (Lipinski definition) is 2. The third-order valence-electron chi connectivity index (χ3n) is 2.92. The van der Waals surface area contributed by atoms with E-state index in [4.69, 9.17) is 9.47 Å². The Labute approximate surface area is 108 Å². The summed E-state index contributed by atoms with van der Waals surface area (Å²) >= 11 is 0. The third kappa shape index (κ3) is 2.94. The van der Waals surface area contributed by atoms with Crippen LogP contribution in [0.25, 0.3) is 0 Å². The van der Waals surface area contributed by atoms with Gasteiger partial charge in [0.2, 0.25) is 0 Å². The zero-order valence-electron chi connectivity index (χ0n) is 11.0. The van der Waals surface area contributed by atoms with Gasteiger partial charge in [0.05, 0.1) is 0 Å². The molecule has 0 aliphatic carbocycles. The molecule has 0 unspecified atom stereocenters. The predicted octanol–water partition coefficient (Wildman–Crippen LogP) is 1.88. The first-order valence-electron chi connectivity index (χ1n) is 6.47. The fourth-order valence-electron chi connectivity index (χ4n) is 2.23. The Morgan fingerprint density at radius 3 is 2.78 bits per heavy atom. The molecule has 4 heteroatoms. The van der Waals surface area contributed by atoms with Gasteiger partial charge < -0.3 is 19.9 Å². The van der Waals surface area contributed by atoms with Crippen molar-refractivity contribution in [1.82, 2.24) is 5.32 Å². The number of rotatable bonds is 5. The Bertz CT molecular complexity index is 393. The smallest absolute Gasteiger partial charge is 0.166 e. The van der Waals surface area contributed by atoms with Crippen molar-refractivity contribution in [3.8, 4) is 11.5 Å². The van der Waals surface area contributed by atoms with Gasteiger partial charge in [-0.15, -0.1) is 0 Å². The molecule has 1 aromatic rings. The normalized spacial score (nSPS) is 15.8. The Morgan fingerprint density at radius 1 is 1.28 bits per heavy atom. The monoisotopic (exact) mass is 251 g/mol. The van der Waals surface area contributed by atoms with Gasteiger partial charge in [0.25, 0.3) is 0 Å². The van der Waals surface area contributed by atoms with E-state index in [0.717, 1.165) is 17.1 Å². The van der Waals surface area contributed by atoms with Gasteiger partial charge in [0.15, 0.2) is 11.5 Å². The van der Waals surface area contributed by atoms with E-state index in [1.54, 1.807) is 0 Å². The maximum Gasteiger partial charge on any atom is 0.166 e. The van der Waals surface area contributed by atoms with E-state index in [0.29, 0.717) is 25.7 Å². The fourth-order valence-corrected chi connectivity index (χ4v) is 2.23. The van der Waals surface area contributed by atoms with Crippen LogP contribution in [0, 0.1) is 0 Å². The van der Waals surface area contributed by atoms with Crippen LogP contribution < -0.4 is 14.8 Å². The molecule has 18 heavy (non-hydrogen) atoms. The van der Waals surface area contributed by atoms with Crippen LogP contribution in [-0.4, -0.2) is 31.0 Å². The molecular weight excluding hydrogens is 230 g/mol. The molecular formula is C14H21NO3. The summed E-state index contributed by atoms with van der Waals surface area (Å²) in [6.07, 6.45) is 0.665. The predicted molar refractivity (Wildman–Crippen MR) is 70.1 cm³/mol. The molecule has 1 aromatic carbocycles. The van der Waals surface area contributed by atoms with Crippen molar-refractivity contribution in [3.63, 3.8) is 0 Å². The minimum Gasteiger partial charge on any atom is -0.486 e. The van der Waals surface area contributed by atoms with Crippen LogP contribution in [0.4, 0.5) is 0 Å². The van der Waals surface area contributed by atoms with Crippen LogP contribution in [0.15, 0.2) is 18.2 Å². The highest BCUT2D eigenvalue weighted by Gasteiger charge is 2.22. The minimum atomic E-state index is 0.0895. The first kappa shape index (κ1) is 13.2. The molecule has 0 fully saturated rings. The van der Waals surface area contributed by atoms with Crippen molar-refractivity contribution in [2.45, 2.75) is 32.4 Å². The Kier molecular flexibility index (Phi) is 4.44. The topological polar surface area (TPSA) is 50.7 Å². The summed E-state index contributed by atoms with van der Waals surface area (Å²) in [5.41, 5.74) is 1.06. The zero-order chi connectivity index (χ0) is 13.0. The van der Waals surface area contributed by atoms with Gasteiger partial charge in [0, 0.05) is 24.3 Å². The maximum atomic E-state index is 9.20. The van der Waals surface area contributed by atoms with Crippen molar-refractivity contribution in [2.24, 2.45) is 0 Å². The lowest BCUT2D eigenvalue weighted by molar-refractivity contribution is 0.167. The lowest BCUT2D eigenvalue weighted by atomic mass is 10.0. The quantitative estimate of drug-likeness (QED) is 0.839. The number of nitrogens with one attached hydrogen (secondary N) is 1. The second kappa shape index (κ2) is 6.07. The maximum absolute atomic E-state index is 9.20. The molecule has 0 spiro atoms. The summed E-state index contributed by atoms with van der Waals surface area (Å²) in [6.45, 7) is 5.51. The van der Waals surface area contributed by atoms with Crippen LogP contribution in [-0.2, 0) is 0 Å². The van der Waals surface area contributed by atoms with Gasteiger partial charge in [-0.05, 0) is 12.5 Å². The van der Waals surface area contributed by atoms with E-state index in [1.165, 1.54) is 0 Å². The van der Waals surface area contributed by atoms with Crippen LogP contribution in [0.1, 0.15) is 31.9 Å². The minimum absolute atomic E-state index is 0.0895. The average molecular weight is 251 g/mol. The van der Waals surface area contributed by atoms with Gasteiger partial charge >= 0.3 is 0 Å². The van der Waals surface area contributed by atoms with Gasteiger partial charge in [-0.1, -0.05) is 26.0 Å². The third-order valence-corrected chi connectivity index (χ3v) is 2.92. The first-order valence-corrected chi connectivity index (χ1v) is 6.47. The van der Waals surface area contributed by atoms with Crippen LogP contribution in [0.2, 0.25) is 0 Å². The number of aliphatic hydroxyl groups is 1. The number of aliphatic hydroxyl groups excluding tert-OH is 1. The highest BCUT2D eigenvalue weighted by molar-refractivity contribution is 5.48. The highest BCUT2D eigenvalue weighted by atomic mass is 16.6. The molecule has 1 heterocycles. The molecule has 0 amide bonds. The summed E-state index contributed by atoms with van der Waals surface area (Å²) in [5, 5.41) is 12.7. The lowest BCUT2D eigenvalue weighted by Crippen LogP contribution is -2.30. The second-order valence-electron chi connectivity index (χ2n) is 4.76. The van der Waals surface area contributed by atoms with Gasteiger partial charge in [-0.3, -0.25) is 0 Å². The standard InChI is InChI=1S/C14H21NO3/c1-10(2)15-12(6-7-16)11-4-3-5-13-14(11)18-9-8-17-13/h3-5,10,12,15-16H,6-9H2,1-2H3/t12-/m1/s1. The fraction of sp³-hybridized carbons (Fsp3) is 0.571. The largest absolute Gasteiger partial charge is 0.486 e. The number of ether oxygens (including phenoxy) is 2. The molecule has 2 N–H and O–H groups in total. The summed E-state index contributed by atoms with van der Waals surface area (Å²) < 4.78 is 11.3. The molecule has 0 radical (unpaired) electrons. The number of fused-ring (bicyclic) bond motifs is 1. The van der Waals surface area contributed by atoms with E-state index >= 15 is 0 Å². The summed E-state index contributed by atoms with van der Waals surface area (Å²) in [6, 6.07) is 6.36. The molecule has 100 valence electrons. The van der Waals surface area contributed by atoms with Crippen molar-refractivity contribution in [1.29, 1.82) is 0 Å². The molecule has 1 aliphatic heterocycles. The Morgan fingerprint density at radius 2 is 2.06 bits per heavy atom. The van der Waals surface area contributed by atoms with E-state index in [1.807, 2.05) is 18.2 Å². The summed E-state index contributed by atoms with van der Waals surface area (Å²) in [5.74, 6) is 1.61. The van der Waals surface area contributed by atoms with Crippen LogP contribution in [0.3, 0.4) is 0 Å². The lowest BCUT2D eigenvalue weighted by Gasteiger charge is -2.27. The van der Waals surface area contributed by atoms with Crippen molar-refractivity contribution < 1.29 is 14.6 Å². The zero-order valence-corrected chi connectivity index (χ0v) is 11.0. The molecule has 0 aromatic heterocycles. The summed E-state index contributed by atoms with van der Waals surface area (Å²) in [4.78, 5) is 0. The van der Waals surface area contributed by atoms with Gasteiger partial charge in [0.1, 0.15) is 13.2 Å². The Balaban J connectivity index is 2.28. The molecule has 0 saturated carbocycles. The molecule has 2 rings (SSSR count). The van der Waals surface area contributed by atoms with Gasteiger partial charge in [-0.25, -0.2) is 0 Å².